The number of hydrogen-bond acceptors (Lipinski definition) is 14. The van der Waals surface area contributed by atoms with Crippen LogP contribution in [0.2, 0.25) is 0 Å². The molecule has 4 unspecified atom stereocenters. The Morgan fingerprint density at radius 2 is 1.63 bits per heavy atom. The van der Waals surface area contributed by atoms with Crippen LogP contribution < -0.4 is 10.5 Å². The highest BCUT2D eigenvalue weighted by Crippen LogP contribution is 2.52. The quantitative estimate of drug-likeness (QED) is 0.174. The summed E-state index contributed by atoms with van der Waals surface area (Å²) in [6.07, 6.45) is -5.24. The first kappa shape index (κ1) is 37.8. The number of phenolic OH excluding ortho intramolecular Hbond substituents is 2. The maximum atomic E-state index is 13.9. The molecule has 0 saturated carbocycles. The van der Waals surface area contributed by atoms with E-state index in [4.69, 9.17) is 24.7 Å². The van der Waals surface area contributed by atoms with Crippen molar-refractivity contribution in [3.63, 3.8) is 0 Å². The number of methoxy groups -OCH3 is 1. The fourth-order valence-corrected chi connectivity index (χ4v) is 8.42. The molecule has 15 heteroatoms. The summed E-state index contributed by atoms with van der Waals surface area (Å²) in [4.78, 5) is 54.9. The summed E-state index contributed by atoms with van der Waals surface area (Å²) in [6.45, 7) is 7.56. The highest BCUT2D eigenvalue weighted by molar-refractivity contribution is 6.31. The van der Waals surface area contributed by atoms with Gasteiger partial charge in [0.2, 0.25) is 11.6 Å². The summed E-state index contributed by atoms with van der Waals surface area (Å²) in [5.41, 5.74) is 0.359. The minimum atomic E-state index is -2.38. The van der Waals surface area contributed by atoms with E-state index in [1.165, 1.54) is 25.3 Å². The van der Waals surface area contributed by atoms with Crippen molar-refractivity contribution < 1.29 is 63.8 Å². The molecule has 2 heterocycles. The Bertz CT molecular complexity index is 1810. The molecule has 2 aromatic rings. The topological polar surface area (TPSA) is 235 Å². The van der Waals surface area contributed by atoms with E-state index >= 15 is 0 Å². The van der Waals surface area contributed by atoms with Gasteiger partial charge in [-0.2, -0.15) is 0 Å². The minimum absolute atomic E-state index is 0.0319. The third-order valence-corrected chi connectivity index (χ3v) is 10.9. The molecule has 6 atom stereocenters. The van der Waals surface area contributed by atoms with Crippen molar-refractivity contribution in [1.82, 2.24) is 5.06 Å². The number of ether oxygens (including phenoxy) is 4. The second-order valence-corrected chi connectivity index (χ2v) is 15.6. The zero-order valence-corrected chi connectivity index (χ0v) is 29.9. The first-order valence-electron chi connectivity index (χ1n) is 17.2. The lowest BCUT2D eigenvalue weighted by Crippen LogP contribution is -2.59. The molecule has 0 aromatic heterocycles. The number of esters is 1. The zero-order chi connectivity index (χ0) is 38.2. The van der Waals surface area contributed by atoms with Crippen molar-refractivity contribution in [3.8, 4) is 17.2 Å². The molecule has 4 aliphatic rings. The van der Waals surface area contributed by atoms with Gasteiger partial charge in [-0.25, -0.2) is 0 Å². The van der Waals surface area contributed by atoms with Crippen molar-refractivity contribution in [2.75, 3.05) is 13.7 Å². The number of aliphatic hydroxyl groups is 2. The number of nitrogens with zero attached hydrogens (tertiary/aromatic N) is 1. The molecule has 281 valence electrons. The Hall–Kier alpha value is -3.96. The van der Waals surface area contributed by atoms with Crippen LogP contribution in [-0.2, 0) is 35.4 Å². The molecule has 0 bridgehead atoms. The van der Waals surface area contributed by atoms with Crippen molar-refractivity contribution in [1.29, 1.82) is 0 Å². The van der Waals surface area contributed by atoms with Gasteiger partial charge in [-0.05, 0) is 53.5 Å². The smallest absolute Gasteiger partial charge is 0.309 e. The van der Waals surface area contributed by atoms with Crippen LogP contribution in [0.5, 0.6) is 17.2 Å². The highest BCUT2D eigenvalue weighted by Gasteiger charge is 2.52. The van der Waals surface area contributed by atoms with E-state index in [-0.39, 0.29) is 47.3 Å². The Balaban J connectivity index is 1.36. The molecular formula is C37H45N2O13. The first-order valence-corrected chi connectivity index (χ1v) is 17.2. The van der Waals surface area contributed by atoms with Crippen LogP contribution in [0, 0.1) is 5.92 Å². The van der Waals surface area contributed by atoms with Gasteiger partial charge in [-0.3, -0.25) is 19.2 Å². The number of hydroxylamine groups is 2. The molecule has 1 radical (unpaired) electrons. The monoisotopic (exact) mass is 725 g/mol. The van der Waals surface area contributed by atoms with Gasteiger partial charge in [0.25, 0.3) is 0 Å². The van der Waals surface area contributed by atoms with E-state index in [1.54, 1.807) is 34.6 Å². The maximum Gasteiger partial charge on any atom is 0.309 e. The maximum absolute atomic E-state index is 13.9. The summed E-state index contributed by atoms with van der Waals surface area (Å²) in [6, 6.07) is 3.56. The number of phenols is 2. The van der Waals surface area contributed by atoms with Crippen molar-refractivity contribution in [2.45, 2.75) is 114 Å². The molecule has 52 heavy (non-hydrogen) atoms. The molecule has 0 spiro atoms. The number of carbonyl (C=O) groups is 4. The van der Waals surface area contributed by atoms with E-state index in [9.17, 15) is 44.8 Å². The number of fused-ring (bicyclic) bond motifs is 3. The van der Waals surface area contributed by atoms with E-state index in [0.29, 0.717) is 0 Å². The van der Waals surface area contributed by atoms with Gasteiger partial charge in [0, 0.05) is 53.1 Å². The number of hydrogen-bond donors (Lipinski definition) is 5. The number of piperidine rings is 1. The number of aliphatic hydroxyl groups excluding tert-OH is 1. The number of carbonyl (C=O) groups excluding carboxylic acids is 4. The minimum Gasteiger partial charge on any atom is -0.507 e. The van der Waals surface area contributed by atoms with E-state index in [1.807, 2.05) is 0 Å². The standard InChI is InChI=1S/C37H45N2O13/c1-16-29(41)20(38)10-24(51-16)52-22-14-37(47,23(40)15-50-34(46)17-11-35(2,3)39(48)36(4,5)12-17)13-19-26(22)33(45)28-27(31(19)43)30(42)18-8-7-9-21(49-6)25(18)32(28)44/h7-9,16-17,20,22,24,29,41,43,45,47H,10-15,38H2,1-6H3/t16?,20?,22-,24?,29?,37-/m0/s1. The van der Waals surface area contributed by atoms with Crippen LogP contribution >= 0.6 is 0 Å². The summed E-state index contributed by atoms with van der Waals surface area (Å²) < 4.78 is 22.8. The summed E-state index contributed by atoms with van der Waals surface area (Å²) in [5.74, 6) is -5.37. The number of ketones is 3. The molecule has 0 amide bonds. The van der Waals surface area contributed by atoms with Crippen LogP contribution in [0.15, 0.2) is 18.2 Å². The van der Waals surface area contributed by atoms with Crippen LogP contribution in [0.4, 0.5) is 0 Å². The second kappa shape index (κ2) is 13.2. The van der Waals surface area contributed by atoms with Gasteiger partial charge < -0.3 is 45.1 Å². The number of benzene rings is 2. The largest absolute Gasteiger partial charge is 0.507 e. The lowest BCUT2D eigenvalue weighted by atomic mass is 9.72. The molecule has 6 N–H and O–H groups in total. The molecule has 2 saturated heterocycles. The molecule has 2 aliphatic heterocycles. The fourth-order valence-electron chi connectivity index (χ4n) is 8.42. The predicted octanol–water partition coefficient (Wildman–Crippen LogP) is 2.17. The molecule has 2 aromatic carbocycles. The van der Waals surface area contributed by atoms with Crippen LogP contribution in [0.25, 0.3) is 0 Å². The fraction of sp³-hybridized carbons (Fsp3) is 0.568. The Morgan fingerprint density at radius 3 is 2.25 bits per heavy atom. The molecule has 2 fully saturated rings. The SMILES string of the molecule is COc1cccc2c1C(=O)c1c(O)c3c(c(O)c1C2=O)C[C@@](O)(C(=O)COC(=O)C1CC(C)(C)N([O])C(C)(C)C1)C[C@@H]3OC1CC(N)C(O)C(C)O1. The Labute approximate surface area is 300 Å². The number of aromatic hydroxyl groups is 2. The highest BCUT2D eigenvalue weighted by atomic mass is 16.7. The predicted molar refractivity (Wildman–Crippen MR) is 179 cm³/mol. The molecule has 2 aliphatic carbocycles. The average Bonchev–Trinajstić information content (AvgIpc) is 3.07. The number of rotatable bonds is 7. The summed E-state index contributed by atoms with van der Waals surface area (Å²) in [5, 5.41) is 59.6. The lowest BCUT2D eigenvalue weighted by Gasteiger charge is -2.49. The van der Waals surface area contributed by atoms with E-state index < -0.39 is 119 Å². The molecular weight excluding hydrogens is 680 g/mol. The van der Waals surface area contributed by atoms with Crippen molar-refractivity contribution in [2.24, 2.45) is 11.7 Å². The van der Waals surface area contributed by atoms with Gasteiger partial charge >= 0.3 is 5.97 Å². The normalized spacial score (nSPS) is 29.8. The summed E-state index contributed by atoms with van der Waals surface area (Å²) in [7, 11) is 1.32. The Morgan fingerprint density at radius 1 is 1.00 bits per heavy atom. The van der Waals surface area contributed by atoms with Crippen molar-refractivity contribution >= 4 is 23.3 Å². The van der Waals surface area contributed by atoms with Crippen LogP contribution in [0.3, 0.4) is 0 Å². The Kier molecular flexibility index (Phi) is 9.56. The second-order valence-electron chi connectivity index (χ2n) is 15.6. The van der Waals surface area contributed by atoms with Gasteiger partial charge in [-0.1, -0.05) is 12.1 Å². The first-order chi connectivity index (χ1) is 24.2. The number of Topliss-reactive ketones (excluding diaryl/α,β-unsaturated/α-hetero) is 1. The van der Waals surface area contributed by atoms with Crippen LogP contribution in [-0.4, -0.2) is 104 Å². The third kappa shape index (κ3) is 6.17. The van der Waals surface area contributed by atoms with Crippen molar-refractivity contribution in [3.05, 3.63) is 51.6 Å². The van der Waals surface area contributed by atoms with E-state index in [2.05, 4.69) is 0 Å². The average molecular weight is 726 g/mol. The lowest BCUT2D eigenvalue weighted by molar-refractivity contribution is -0.293. The van der Waals surface area contributed by atoms with Crippen LogP contribution in [0.1, 0.15) is 109 Å². The molecule has 6 rings (SSSR count). The number of nitrogens with two attached hydrogens (primary N) is 1. The molecule has 15 nitrogen and oxygen atoms in total. The van der Waals surface area contributed by atoms with E-state index in [0.717, 1.165) is 5.06 Å². The van der Waals surface area contributed by atoms with Gasteiger partial charge in [0.1, 0.15) is 22.8 Å². The third-order valence-electron chi connectivity index (χ3n) is 10.9. The summed E-state index contributed by atoms with van der Waals surface area (Å²) >= 11 is 0. The zero-order valence-electron chi connectivity index (χ0n) is 29.9. The van der Waals surface area contributed by atoms with Gasteiger partial charge in [0.15, 0.2) is 18.7 Å². The van der Waals surface area contributed by atoms with Gasteiger partial charge in [0.05, 0.1) is 48.0 Å². The van der Waals surface area contributed by atoms with Gasteiger partial charge in [-0.15, -0.1) is 10.3 Å².